The van der Waals surface area contributed by atoms with Crippen molar-refractivity contribution in [2.45, 2.75) is 26.7 Å². The van der Waals surface area contributed by atoms with Gasteiger partial charge in [-0.25, -0.2) is 4.98 Å². The molecule has 0 unspecified atom stereocenters. The molecule has 0 aliphatic heterocycles. The largest absolute Gasteiger partial charge is 0.358 e. The van der Waals surface area contributed by atoms with Gasteiger partial charge in [-0.3, -0.25) is 9.25 Å². The number of hydrogen-bond donors (Lipinski definition) is 1. The summed E-state index contributed by atoms with van der Waals surface area (Å²) in [5.41, 5.74) is 3.17. The molecule has 5 nitrogen and oxygen atoms in total. The highest BCUT2D eigenvalue weighted by Gasteiger charge is 2.16. The third-order valence-corrected chi connectivity index (χ3v) is 2.69. The van der Waals surface area contributed by atoms with Gasteiger partial charge in [0.1, 0.15) is 0 Å². The topological polar surface area (TPSA) is 47.7 Å². The molecule has 0 saturated carbocycles. The van der Waals surface area contributed by atoms with Crippen LogP contribution in [0.25, 0.3) is 5.69 Å². The van der Waals surface area contributed by atoms with E-state index < -0.39 is 0 Å². The fourth-order valence-electron chi connectivity index (χ4n) is 1.95. The second kappa shape index (κ2) is 4.24. The Morgan fingerprint density at radius 2 is 2.00 bits per heavy atom. The van der Waals surface area contributed by atoms with E-state index in [0.29, 0.717) is 5.92 Å². The van der Waals surface area contributed by atoms with E-state index in [1.165, 1.54) is 0 Å². The molecule has 2 heterocycles. The summed E-state index contributed by atoms with van der Waals surface area (Å²) in [5, 5.41) is 7.62. The Hall–Kier alpha value is -1.78. The predicted octanol–water partition coefficient (Wildman–Crippen LogP) is 2.08. The highest BCUT2D eigenvalue weighted by Crippen LogP contribution is 2.24. The lowest BCUT2D eigenvalue weighted by atomic mass is 10.1. The number of aromatic nitrogens is 4. The first-order chi connectivity index (χ1) is 8.02. The zero-order chi connectivity index (χ0) is 12.6. The Morgan fingerprint density at radius 1 is 1.29 bits per heavy atom. The zero-order valence-electron chi connectivity index (χ0n) is 11.0. The van der Waals surface area contributed by atoms with Crippen LogP contribution in [0.4, 0.5) is 5.95 Å². The molecule has 0 aliphatic rings. The third-order valence-electron chi connectivity index (χ3n) is 2.69. The summed E-state index contributed by atoms with van der Waals surface area (Å²) in [6.07, 6.45) is 4.05. The molecule has 0 radical (unpaired) electrons. The maximum atomic E-state index is 4.51. The van der Waals surface area contributed by atoms with Gasteiger partial charge >= 0.3 is 0 Å². The average molecular weight is 233 g/mol. The van der Waals surface area contributed by atoms with Gasteiger partial charge in [0.15, 0.2) is 0 Å². The molecule has 0 aromatic carbocycles. The van der Waals surface area contributed by atoms with E-state index in [-0.39, 0.29) is 0 Å². The van der Waals surface area contributed by atoms with Crippen LogP contribution < -0.4 is 5.32 Å². The lowest BCUT2D eigenvalue weighted by Gasteiger charge is -2.08. The van der Waals surface area contributed by atoms with Gasteiger partial charge in [-0.2, -0.15) is 5.10 Å². The fourth-order valence-corrected chi connectivity index (χ4v) is 1.95. The predicted molar refractivity (Wildman–Crippen MR) is 68.7 cm³/mol. The lowest BCUT2D eigenvalue weighted by Crippen LogP contribution is -2.03. The SMILES string of the molecule is CNc1nc(C)cn1-c1cn(C)nc1C(C)C. The molecular formula is C12H19N5. The van der Waals surface area contributed by atoms with Crippen molar-refractivity contribution in [3.05, 3.63) is 23.8 Å². The number of anilines is 1. The molecular weight excluding hydrogens is 214 g/mol. The van der Waals surface area contributed by atoms with Gasteiger partial charge in [0.05, 0.1) is 17.1 Å². The first-order valence-electron chi connectivity index (χ1n) is 5.80. The number of imidazole rings is 1. The van der Waals surface area contributed by atoms with Crippen LogP contribution in [0.15, 0.2) is 12.4 Å². The van der Waals surface area contributed by atoms with Crippen LogP contribution in [0.5, 0.6) is 0 Å². The number of rotatable bonds is 3. The van der Waals surface area contributed by atoms with Crippen LogP contribution in [0.3, 0.4) is 0 Å². The first-order valence-corrected chi connectivity index (χ1v) is 5.80. The fraction of sp³-hybridized carbons (Fsp3) is 0.500. The van der Waals surface area contributed by atoms with Crippen LogP contribution in [0, 0.1) is 6.92 Å². The molecule has 0 spiro atoms. The Kier molecular flexibility index (Phi) is 2.92. The molecule has 0 atom stereocenters. The molecule has 5 heteroatoms. The second-order valence-corrected chi connectivity index (χ2v) is 4.55. The molecule has 92 valence electrons. The minimum Gasteiger partial charge on any atom is -0.358 e. The van der Waals surface area contributed by atoms with Gasteiger partial charge in [0.2, 0.25) is 5.95 Å². The van der Waals surface area contributed by atoms with Crippen LogP contribution in [-0.2, 0) is 7.05 Å². The van der Waals surface area contributed by atoms with Crippen molar-refractivity contribution in [1.82, 2.24) is 19.3 Å². The Labute approximate surface area is 101 Å². The van der Waals surface area contributed by atoms with Gasteiger partial charge in [-0.05, 0) is 12.8 Å². The number of nitrogens with zero attached hydrogens (tertiary/aromatic N) is 4. The molecule has 2 aromatic heterocycles. The quantitative estimate of drug-likeness (QED) is 0.883. The minimum absolute atomic E-state index is 0.388. The highest BCUT2D eigenvalue weighted by atomic mass is 15.3. The summed E-state index contributed by atoms with van der Waals surface area (Å²) in [5.74, 6) is 1.23. The molecule has 2 rings (SSSR count). The van der Waals surface area contributed by atoms with E-state index in [2.05, 4.69) is 33.8 Å². The molecule has 0 aliphatic carbocycles. The van der Waals surface area contributed by atoms with Crippen LogP contribution in [-0.4, -0.2) is 26.4 Å². The third kappa shape index (κ3) is 2.05. The van der Waals surface area contributed by atoms with Gasteiger partial charge in [0.25, 0.3) is 0 Å². The summed E-state index contributed by atoms with van der Waals surface area (Å²) < 4.78 is 3.90. The van der Waals surface area contributed by atoms with E-state index in [4.69, 9.17) is 0 Å². The molecule has 2 aromatic rings. The summed E-state index contributed by atoms with van der Waals surface area (Å²) in [6, 6.07) is 0. The van der Waals surface area contributed by atoms with Gasteiger partial charge < -0.3 is 5.32 Å². The summed E-state index contributed by atoms with van der Waals surface area (Å²) in [4.78, 5) is 4.43. The number of nitrogens with one attached hydrogen (secondary N) is 1. The number of hydrogen-bond acceptors (Lipinski definition) is 3. The number of aryl methyl sites for hydroxylation is 2. The van der Waals surface area contributed by atoms with Crippen molar-refractivity contribution in [3.63, 3.8) is 0 Å². The molecule has 0 amide bonds. The maximum absolute atomic E-state index is 4.51. The molecule has 0 fully saturated rings. The summed E-state index contributed by atoms with van der Waals surface area (Å²) >= 11 is 0. The minimum atomic E-state index is 0.388. The van der Waals surface area contributed by atoms with E-state index >= 15 is 0 Å². The average Bonchev–Trinajstić information content (AvgIpc) is 2.81. The first kappa shape index (κ1) is 11.7. The van der Waals surface area contributed by atoms with Crippen molar-refractivity contribution < 1.29 is 0 Å². The van der Waals surface area contributed by atoms with Crippen molar-refractivity contribution in [2.75, 3.05) is 12.4 Å². The van der Waals surface area contributed by atoms with Crippen molar-refractivity contribution in [1.29, 1.82) is 0 Å². The van der Waals surface area contributed by atoms with Crippen molar-refractivity contribution in [2.24, 2.45) is 7.05 Å². The summed E-state index contributed by atoms with van der Waals surface area (Å²) in [7, 11) is 3.82. The van der Waals surface area contributed by atoms with E-state index in [0.717, 1.165) is 23.0 Å². The Balaban J connectivity index is 2.59. The van der Waals surface area contributed by atoms with Gasteiger partial charge in [-0.1, -0.05) is 13.8 Å². The lowest BCUT2D eigenvalue weighted by molar-refractivity contribution is 0.712. The normalized spacial score (nSPS) is 11.2. The smallest absolute Gasteiger partial charge is 0.207 e. The van der Waals surface area contributed by atoms with Crippen LogP contribution in [0.1, 0.15) is 31.2 Å². The zero-order valence-corrected chi connectivity index (χ0v) is 11.0. The highest BCUT2D eigenvalue weighted by molar-refractivity contribution is 5.45. The van der Waals surface area contributed by atoms with Crippen molar-refractivity contribution >= 4 is 5.95 Å². The molecule has 17 heavy (non-hydrogen) atoms. The molecule has 0 saturated heterocycles. The van der Waals surface area contributed by atoms with Gasteiger partial charge in [0, 0.05) is 26.5 Å². The van der Waals surface area contributed by atoms with Crippen LogP contribution in [0.2, 0.25) is 0 Å². The van der Waals surface area contributed by atoms with Crippen LogP contribution >= 0.6 is 0 Å². The molecule has 0 bridgehead atoms. The Bertz CT molecular complexity index is 521. The second-order valence-electron chi connectivity index (χ2n) is 4.55. The van der Waals surface area contributed by atoms with Crippen molar-refractivity contribution in [3.8, 4) is 5.69 Å². The van der Waals surface area contributed by atoms with Gasteiger partial charge in [-0.15, -0.1) is 0 Å². The van der Waals surface area contributed by atoms with E-state index in [1.54, 1.807) is 0 Å². The summed E-state index contributed by atoms with van der Waals surface area (Å²) in [6.45, 7) is 6.28. The maximum Gasteiger partial charge on any atom is 0.207 e. The Morgan fingerprint density at radius 3 is 2.59 bits per heavy atom. The van der Waals surface area contributed by atoms with E-state index in [9.17, 15) is 0 Å². The standard InChI is InChI=1S/C12H19N5/c1-8(2)11-10(7-16(5)15-11)17-6-9(3)14-12(17)13-4/h6-8H,1-5H3,(H,13,14). The molecule has 1 N–H and O–H groups in total. The monoisotopic (exact) mass is 233 g/mol. The van der Waals surface area contributed by atoms with E-state index in [1.807, 2.05) is 38.1 Å².